The number of aryl methyl sites for hydroxylation is 1. The third kappa shape index (κ3) is 2.33. The Kier molecular flexibility index (Phi) is 3.52. The third-order valence-electron chi connectivity index (χ3n) is 3.14. The summed E-state index contributed by atoms with van der Waals surface area (Å²) in [4.78, 5) is 23.6. The van der Waals surface area contributed by atoms with Crippen LogP contribution in [0.2, 0.25) is 0 Å². The summed E-state index contributed by atoms with van der Waals surface area (Å²) in [6.07, 6.45) is 2.51. The van der Waals surface area contributed by atoms with Crippen LogP contribution in [0, 0.1) is 3.57 Å². The summed E-state index contributed by atoms with van der Waals surface area (Å²) in [5.74, 6) is 0.609. The lowest BCUT2D eigenvalue weighted by Crippen LogP contribution is -2.15. The van der Waals surface area contributed by atoms with Gasteiger partial charge in [-0.15, -0.1) is 0 Å². The van der Waals surface area contributed by atoms with Crippen molar-refractivity contribution in [3.8, 4) is 11.4 Å². The lowest BCUT2D eigenvalue weighted by atomic mass is 10.1. The molecule has 0 unspecified atom stereocenters. The first-order chi connectivity index (χ1) is 9.69. The van der Waals surface area contributed by atoms with Gasteiger partial charge in [-0.3, -0.25) is 9.78 Å². The van der Waals surface area contributed by atoms with Crippen molar-refractivity contribution < 1.29 is 0 Å². The van der Waals surface area contributed by atoms with Gasteiger partial charge in [-0.2, -0.15) is 0 Å². The highest BCUT2D eigenvalue weighted by molar-refractivity contribution is 14.1. The molecule has 0 aliphatic rings. The Morgan fingerprint density at radius 1 is 1.30 bits per heavy atom. The first-order valence-electron chi connectivity index (χ1n) is 6.33. The van der Waals surface area contributed by atoms with E-state index in [0.29, 0.717) is 9.39 Å². The Bertz CT molecular complexity index is 842. The van der Waals surface area contributed by atoms with Gasteiger partial charge in [-0.05, 0) is 53.3 Å². The van der Waals surface area contributed by atoms with Gasteiger partial charge < -0.3 is 4.98 Å². The van der Waals surface area contributed by atoms with Crippen molar-refractivity contribution in [2.75, 3.05) is 0 Å². The number of rotatable bonds is 2. The number of aromatic amines is 1. The Morgan fingerprint density at radius 3 is 2.95 bits per heavy atom. The van der Waals surface area contributed by atoms with Gasteiger partial charge >= 0.3 is 0 Å². The van der Waals surface area contributed by atoms with Crippen LogP contribution in [-0.4, -0.2) is 15.0 Å². The minimum atomic E-state index is -0.0845. The number of halogens is 1. The summed E-state index contributed by atoms with van der Waals surface area (Å²) in [5.41, 5.74) is 2.57. The molecule has 1 N–H and O–H groups in total. The number of hydrogen-bond donors (Lipinski definition) is 1. The normalized spacial score (nSPS) is 10.9. The van der Waals surface area contributed by atoms with E-state index < -0.39 is 0 Å². The molecule has 2 heterocycles. The van der Waals surface area contributed by atoms with Crippen LogP contribution < -0.4 is 5.56 Å². The standard InChI is InChI=1S/C15H12IN3O/c1-2-11-13(16)15(20)19-14(18-11)10-5-6-12-9(8-10)4-3-7-17-12/h3-8H,2H2,1H3,(H,18,19,20). The summed E-state index contributed by atoms with van der Waals surface area (Å²) in [6.45, 7) is 2.00. The first-order valence-corrected chi connectivity index (χ1v) is 7.40. The summed E-state index contributed by atoms with van der Waals surface area (Å²) in [6, 6.07) is 9.76. The fourth-order valence-electron chi connectivity index (χ4n) is 2.10. The number of hydrogen-bond acceptors (Lipinski definition) is 3. The molecule has 0 atom stereocenters. The number of nitrogens with zero attached hydrogens (tertiary/aromatic N) is 2. The molecule has 0 radical (unpaired) electrons. The van der Waals surface area contributed by atoms with E-state index >= 15 is 0 Å². The number of benzene rings is 1. The number of H-pyrrole nitrogens is 1. The van der Waals surface area contributed by atoms with Crippen LogP contribution in [0.3, 0.4) is 0 Å². The fourth-order valence-corrected chi connectivity index (χ4v) is 2.74. The van der Waals surface area contributed by atoms with Gasteiger partial charge in [0.05, 0.1) is 14.8 Å². The molecule has 100 valence electrons. The topological polar surface area (TPSA) is 58.6 Å². The zero-order valence-electron chi connectivity index (χ0n) is 10.9. The number of fused-ring (bicyclic) bond motifs is 1. The van der Waals surface area contributed by atoms with Crippen LogP contribution in [0.25, 0.3) is 22.3 Å². The van der Waals surface area contributed by atoms with Gasteiger partial charge in [-0.25, -0.2) is 4.98 Å². The molecule has 0 saturated carbocycles. The van der Waals surface area contributed by atoms with Crippen LogP contribution in [-0.2, 0) is 6.42 Å². The van der Waals surface area contributed by atoms with E-state index in [-0.39, 0.29) is 5.56 Å². The molecule has 3 aromatic rings. The van der Waals surface area contributed by atoms with E-state index in [2.05, 4.69) is 15.0 Å². The predicted octanol–water partition coefficient (Wildman–Crippen LogP) is 3.15. The predicted molar refractivity (Wildman–Crippen MR) is 87.7 cm³/mol. The fraction of sp³-hybridized carbons (Fsp3) is 0.133. The molecular formula is C15H12IN3O. The van der Waals surface area contributed by atoms with Gasteiger partial charge in [0.15, 0.2) is 0 Å². The minimum absolute atomic E-state index is 0.0845. The maximum absolute atomic E-state index is 11.9. The second kappa shape index (κ2) is 5.32. The van der Waals surface area contributed by atoms with Crippen LogP contribution in [0.15, 0.2) is 41.3 Å². The van der Waals surface area contributed by atoms with E-state index in [1.165, 1.54) is 0 Å². The Hall–Kier alpha value is -1.76. The average Bonchev–Trinajstić information content (AvgIpc) is 2.49. The van der Waals surface area contributed by atoms with Crippen LogP contribution >= 0.6 is 22.6 Å². The summed E-state index contributed by atoms with van der Waals surface area (Å²) in [7, 11) is 0. The maximum atomic E-state index is 11.9. The molecule has 0 aliphatic heterocycles. The van der Waals surface area contributed by atoms with Crippen molar-refractivity contribution >= 4 is 33.5 Å². The van der Waals surface area contributed by atoms with Crippen molar-refractivity contribution in [2.45, 2.75) is 13.3 Å². The highest BCUT2D eigenvalue weighted by atomic mass is 127. The first kappa shape index (κ1) is 13.2. The zero-order valence-corrected chi connectivity index (χ0v) is 13.0. The van der Waals surface area contributed by atoms with Gasteiger partial charge in [0.2, 0.25) is 0 Å². The Morgan fingerprint density at radius 2 is 2.15 bits per heavy atom. The quantitative estimate of drug-likeness (QED) is 0.698. The molecule has 20 heavy (non-hydrogen) atoms. The highest BCUT2D eigenvalue weighted by Crippen LogP contribution is 2.20. The molecule has 0 amide bonds. The molecule has 3 rings (SSSR count). The summed E-state index contributed by atoms with van der Waals surface area (Å²) in [5, 5.41) is 1.03. The number of aromatic nitrogens is 3. The van der Waals surface area contributed by atoms with Crippen LogP contribution in [0.5, 0.6) is 0 Å². The largest absolute Gasteiger partial charge is 0.306 e. The van der Waals surface area contributed by atoms with Crippen LogP contribution in [0.4, 0.5) is 0 Å². The maximum Gasteiger partial charge on any atom is 0.264 e. The van der Waals surface area contributed by atoms with E-state index in [1.54, 1.807) is 6.20 Å². The SMILES string of the molecule is CCc1nc(-c2ccc3ncccc3c2)[nH]c(=O)c1I. The third-order valence-corrected chi connectivity index (χ3v) is 4.26. The molecule has 0 aliphatic carbocycles. The molecule has 0 spiro atoms. The van der Waals surface area contributed by atoms with E-state index in [9.17, 15) is 4.79 Å². The Balaban J connectivity index is 2.20. The molecule has 5 heteroatoms. The minimum Gasteiger partial charge on any atom is -0.306 e. The second-order valence-corrected chi connectivity index (χ2v) is 5.52. The molecule has 0 saturated heterocycles. The highest BCUT2D eigenvalue weighted by Gasteiger charge is 2.09. The second-order valence-electron chi connectivity index (χ2n) is 4.44. The molecule has 0 fully saturated rings. The lowest BCUT2D eigenvalue weighted by Gasteiger charge is -2.06. The van der Waals surface area contributed by atoms with Crippen molar-refractivity contribution in [3.63, 3.8) is 0 Å². The average molecular weight is 377 g/mol. The molecule has 4 nitrogen and oxygen atoms in total. The monoisotopic (exact) mass is 377 g/mol. The number of pyridine rings is 1. The lowest BCUT2D eigenvalue weighted by molar-refractivity contribution is 0.969. The molecular weight excluding hydrogens is 365 g/mol. The smallest absolute Gasteiger partial charge is 0.264 e. The Labute approximate surface area is 129 Å². The van der Waals surface area contributed by atoms with Gasteiger partial charge in [0.1, 0.15) is 5.82 Å². The summed E-state index contributed by atoms with van der Waals surface area (Å²) < 4.78 is 0.663. The van der Waals surface area contributed by atoms with Crippen molar-refractivity contribution in [2.24, 2.45) is 0 Å². The van der Waals surface area contributed by atoms with Crippen molar-refractivity contribution in [1.29, 1.82) is 0 Å². The summed E-state index contributed by atoms with van der Waals surface area (Å²) >= 11 is 2.04. The van der Waals surface area contributed by atoms with Crippen molar-refractivity contribution in [1.82, 2.24) is 15.0 Å². The zero-order chi connectivity index (χ0) is 14.1. The number of nitrogens with one attached hydrogen (secondary N) is 1. The van der Waals surface area contributed by atoms with Crippen molar-refractivity contribution in [3.05, 3.63) is 56.1 Å². The van der Waals surface area contributed by atoms with E-state index in [0.717, 1.165) is 28.6 Å². The molecule has 1 aromatic carbocycles. The van der Waals surface area contributed by atoms with Gasteiger partial charge in [-0.1, -0.05) is 13.0 Å². The van der Waals surface area contributed by atoms with Crippen LogP contribution in [0.1, 0.15) is 12.6 Å². The van der Waals surface area contributed by atoms with Gasteiger partial charge in [0.25, 0.3) is 5.56 Å². The molecule has 0 bridgehead atoms. The van der Waals surface area contributed by atoms with Gasteiger partial charge in [0, 0.05) is 17.1 Å². The van der Waals surface area contributed by atoms with E-state index in [1.807, 2.05) is 59.8 Å². The van der Waals surface area contributed by atoms with E-state index in [4.69, 9.17) is 0 Å². The molecule has 2 aromatic heterocycles.